The summed E-state index contributed by atoms with van der Waals surface area (Å²) >= 11 is 5.81. The fraction of sp³-hybridized carbons (Fsp3) is 0.417. The molecule has 1 atom stereocenters. The van der Waals surface area contributed by atoms with Crippen molar-refractivity contribution in [2.24, 2.45) is 0 Å². The van der Waals surface area contributed by atoms with E-state index < -0.39 is 22.0 Å². The van der Waals surface area contributed by atoms with Crippen LogP contribution in [0.15, 0.2) is 29.2 Å². The molecule has 0 aliphatic rings. The van der Waals surface area contributed by atoms with Gasteiger partial charge in [0, 0.05) is 13.7 Å². The average Bonchev–Trinajstić information content (AvgIpc) is 2.37. The van der Waals surface area contributed by atoms with Crippen LogP contribution in [0.2, 0.25) is 5.02 Å². The van der Waals surface area contributed by atoms with Gasteiger partial charge in [-0.15, -0.1) is 0 Å². The fourth-order valence-electron chi connectivity index (χ4n) is 1.58. The molecule has 0 saturated heterocycles. The molecule has 112 valence electrons. The summed E-state index contributed by atoms with van der Waals surface area (Å²) in [5, 5.41) is 9.09. The summed E-state index contributed by atoms with van der Waals surface area (Å²) in [6, 6.07) is 4.64. The van der Waals surface area contributed by atoms with Crippen LogP contribution in [0.25, 0.3) is 0 Å². The minimum Gasteiger partial charge on any atom is -0.480 e. The molecule has 0 spiro atoms. The number of aliphatic carboxylic acids is 1. The van der Waals surface area contributed by atoms with Crippen LogP contribution in [-0.2, 0) is 19.6 Å². The van der Waals surface area contributed by atoms with E-state index in [9.17, 15) is 13.2 Å². The third-order valence-corrected chi connectivity index (χ3v) is 4.53. The molecule has 0 aromatic heterocycles. The molecule has 1 aromatic carbocycles. The number of nitrogens with one attached hydrogen (secondary N) is 1. The highest BCUT2D eigenvalue weighted by Crippen LogP contribution is 2.20. The lowest BCUT2D eigenvalue weighted by atomic mass is 10.2. The van der Waals surface area contributed by atoms with Crippen molar-refractivity contribution < 1.29 is 23.1 Å². The Morgan fingerprint density at radius 1 is 1.45 bits per heavy atom. The number of methoxy groups -OCH3 is 1. The van der Waals surface area contributed by atoms with Gasteiger partial charge in [-0.25, -0.2) is 8.42 Å². The highest BCUT2D eigenvalue weighted by molar-refractivity contribution is 7.89. The summed E-state index contributed by atoms with van der Waals surface area (Å²) in [5.41, 5.74) is 0. The van der Waals surface area contributed by atoms with Crippen LogP contribution in [0.5, 0.6) is 0 Å². The van der Waals surface area contributed by atoms with Crippen molar-refractivity contribution in [1.82, 2.24) is 4.72 Å². The van der Waals surface area contributed by atoms with Gasteiger partial charge in [0.1, 0.15) is 10.9 Å². The van der Waals surface area contributed by atoms with Gasteiger partial charge >= 0.3 is 5.97 Å². The predicted octanol–water partition coefficient (Wildman–Crippen LogP) is 1.50. The lowest BCUT2D eigenvalue weighted by Crippen LogP contribution is -2.40. The van der Waals surface area contributed by atoms with Crippen molar-refractivity contribution in [1.29, 1.82) is 0 Å². The largest absolute Gasteiger partial charge is 0.480 e. The van der Waals surface area contributed by atoms with Gasteiger partial charge in [-0.3, -0.25) is 4.79 Å². The maximum absolute atomic E-state index is 12.1. The van der Waals surface area contributed by atoms with Crippen molar-refractivity contribution in [3.8, 4) is 0 Å². The van der Waals surface area contributed by atoms with Crippen LogP contribution < -0.4 is 4.72 Å². The molecule has 0 fully saturated rings. The van der Waals surface area contributed by atoms with E-state index in [0.717, 1.165) is 0 Å². The first-order valence-electron chi connectivity index (χ1n) is 5.87. The molecule has 2 N–H and O–H groups in total. The first-order chi connectivity index (χ1) is 9.38. The fourth-order valence-corrected chi connectivity index (χ4v) is 3.32. The Bertz CT molecular complexity index is 561. The number of carbonyl (C=O) groups is 1. The first kappa shape index (κ1) is 16.9. The number of sulfonamides is 1. The molecule has 1 aromatic rings. The van der Waals surface area contributed by atoms with Crippen molar-refractivity contribution in [2.75, 3.05) is 13.7 Å². The number of halogens is 1. The van der Waals surface area contributed by atoms with Crippen molar-refractivity contribution in [2.45, 2.75) is 23.8 Å². The smallest absolute Gasteiger partial charge is 0.321 e. The van der Waals surface area contributed by atoms with Crippen LogP contribution in [0, 0.1) is 0 Å². The molecule has 0 radical (unpaired) electrons. The van der Waals surface area contributed by atoms with Crippen molar-refractivity contribution in [3.63, 3.8) is 0 Å². The molecular formula is C12H16ClNO5S. The number of hydrogen-bond acceptors (Lipinski definition) is 4. The maximum atomic E-state index is 12.1. The van der Waals surface area contributed by atoms with E-state index in [1.807, 2.05) is 0 Å². The Kier molecular flexibility index (Phi) is 6.41. The molecule has 0 aliphatic heterocycles. The number of carboxylic acid groups (broad SMARTS) is 1. The van der Waals surface area contributed by atoms with Crippen molar-refractivity contribution in [3.05, 3.63) is 29.3 Å². The Labute approximate surface area is 122 Å². The summed E-state index contributed by atoms with van der Waals surface area (Å²) in [5.74, 6) is -1.24. The molecular weight excluding hydrogens is 306 g/mol. The SMILES string of the molecule is COCCCC(NS(=O)(=O)c1ccccc1Cl)C(=O)O. The first-order valence-corrected chi connectivity index (χ1v) is 7.73. The van der Waals surface area contributed by atoms with E-state index in [1.165, 1.54) is 25.3 Å². The molecule has 1 rings (SSSR count). The minimum atomic E-state index is -3.98. The number of ether oxygens (including phenoxy) is 1. The monoisotopic (exact) mass is 321 g/mol. The zero-order chi connectivity index (χ0) is 15.2. The minimum absolute atomic E-state index is 0.0426. The second kappa shape index (κ2) is 7.58. The van der Waals surface area contributed by atoms with Crippen LogP contribution in [0.1, 0.15) is 12.8 Å². The summed E-state index contributed by atoms with van der Waals surface area (Å²) in [6.07, 6.45) is 0.561. The van der Waals surface area contributed by atoms with E-state index in [4.69, 9.17) is 21.4 Å². The van der Waals surface area contributed by atoms with Gasteiger partial charge in [0.2, 0.25) is 10.0 Å². The Morgan fingerprint density at radius 2 is 2.10 bits per heavy atom. The van der Waals surface area contributed by atoms with Gasteiger partial charge in [0.05, 0.1) is 5.02 Å². The van der Waals surface area contributed by atoms with Gasteiger partial charge in [-0.1, -0.05) is 23.7 Å². The number of carboxylic acids is 1. The van der Waals surface area contributed by atoms with Gasteiger partial charge in [-0.05, 0) is 25.0 Å². The molecule has 0 bridgehead atoms. The van der Waals surface area contributed by atoms with Crippen LogP contribution in [0.4, 0.5) is 0 Å². The lowest BCUT2D eigenvalue weighted by Gasteiger charge is -2.15. The van der Waals surface area contributed by atoms with E-state index in [0.29, 0.717) is 13.0 Å². The number of benzene rings is 1. The second-order valence-electron chi connectivity index (χ2n) is 4.08. The molecule has 0 amide bonds. The zero-order valence-corrected chi connectivity index (χ0v) is 12.4. The summed E-state index contributed by atoms with van der Waals surface area (Å²) in [6.45, 7) is 0.359. The highest BCUT2D eigenvalue weighted by Gasteiger charge is 2.26. The zero-order valence-electron chi connectivity index (χ0n) is 10.9. The van der Waals surface area contributed by atoms with Gasteiger partial charge in [-0.2, -0.15) is 4.72 Å². The van der Waals surface area contributed by atoms with E-state index >= 15 is 0 Å². The quantitative estimate of drug-likeness (QED) is 0.708. The van der Waals surface area contributed by atoms with Gasteiger partial charge < -0.3 is 9.84 Å². The molecule has 1 unspecified atom stereocenters. The second-order valence-corrected chi connectivity index (χ2v) is 6.17. The highest BCUT2D eigenvalue weighted by atomic mass is 35.5. The summed E-state index contributed by atoms with van der Waals surface area (Å²) < 4.78 is 31.2. The Hall–Kier alpha value is -1.15. The topological polar surface area (TPSA) is 92.7 Å². The molecule has 6 nitrogen and oxygen atoms in total. The van der Waals surface area contributed by atoms with E-state index in [2.05, 4.69) is 4.72 Å². The molecule has 8 heteroatoms. The predicted molar refractivity (Wildman–Crippen MR) is 74.3 cm³/mol. The molecule has 0 saturated carbocycles. The van der Waals surface area contributed by atoms with E-state index in [1.54, 1.807) is 6.07 Å². The van der Waals surface area contributed by atoms with Crippen LogP contribution in [0.3, 0.4) is 0 Å². The maximum Gasteiger partial charge on any atom is 0.321 e. The molecule has 0 heterocycles. The number of hydrogen-bond donors (Lipinski definition) is 2. The van der Waals surface area contributed by atoms with Crippen LogP contribution >= 0.6 is 11.6 Å². The average molecular weight is 322 g/mol. The van der Waals surface area contributed by atoms with E-state index in [-0.39, 0.29) is 16.3 Å². The molecule has 20 heavy (non-hydrogen) atoms. The van der Waals surface area contributed by atoms with Gasteiger partial charge in [0.15, 0.2) is 0 Å². The van der Waals surface area contributed by atoms with Crippen LogP contribution in [-0.4, -0.2) is 39.3 Å². The standard InChI is InChI=1S/C12H16ClNO5S/c1-19-8-4-6-10(12(15)16)14-20(17,18)11-7-3-2-5-9(11)13/h2-3,5,7,10,14H,4,6,8H2,1H3,(H,15,16). The number of rotatable bonds is 8. The van der Waals surface area contributed by atoms with Gasteiger partial charge in [0.25, 0.3) is 0 Å². The summed E-state index contributed by atoms with van der Waals surface area (Å²) in [4.78, 5) is 10.9. The lowest BCUT2D eigenvalue weighted by molar-refractivity contribution is -0.139. The Morgan fingerprint density at radius 3 is 2.65 bits per heavy atom. The third kappa shape index (κ3) is 4.75. The van der Waals surface area contributed by atoms with Crippen molar-refractivity contribution >= 4 is 27.6 Å². The Balaban J connectivity index is 2.87. The normalized spacial score (nSPS) is 13.1. The summed E-state index contributed by atoms with van der Waals surface area (Å²) in [7, 11) is -2.49. The molecule has 0 aliphatic carbocycles. The third-order valence-electron chi connectivity index (χ3n) is 2.56.